The fourth-order valence-corrected chi connectivity index (χ4v) is 3.92. The van der Waals surface area contributed by atoms with Gasteiger partial charge in [-0.1, -0.05) is 20.3 Å². The van der Waals surface area contributed by atoms with E-state index in [-0.39, 0.29) is 5.92 Å². The van der Waals surface area contributed by atoms with Crippen LogP contribution < -0.4 is 5.32 Å². The van der Waals surface area contributed by atoms with Gasteiger partial charge in [-0.3, -0.25) is 4.79 Å². The Bertz CT molecular complexity index is 329. The predicted molar refractivity (Wildman–Crippen MR) is 80.7 cm³/mol. The Morgan fingerprint density at radius 2 is 1.70 bits per heavy atom. The van der Waals surface area contributed by atoms with E-state index in [1.807, 2.05) is 13.8 Å². The SMILES string of the molecule is CC(C)C(NC1C2CCCC1CN(C(C)C)C2)C(=O)O. The van der Waals surface area contributed by atoms with E-state index in [0.717, 1.165) is 13.1 Å². The van der Waals surface area contributed by atoms with Crippen LogP contribution in [0.2, 0.25) is 0 Å². The van der Waals surface area contributed by atoms with Crippen molar-refractivity contribution in [3.8, 4) is 0 Å². The van der Waals surface area contributed by atoms with Crippen molar-refractivity contribution >= 4 is 5.97 Å². The first kappa shape index (κ1) is 15.8. The highest BCUT2D eigenvalue weighted by Gasteiger charge is 2.41. The number of hydrogen-bond acceptors (Lipinski definition) is 3. The summed E-state index contributed by atoms with van der Waals surface area (Å²) >= 11 is 0. The smallest absolute Gasteiger partial charge is 0.320 e. The first-order chi connectivity index (χ1) is 9.40. The van der Waals surface area contributed by atoms with Crippen LogP contribution in [0.15, 0.2) is 0 Å². The van der Waals surface area contributed by atoms with Gasteiger partial charge in [0, 0.05) is 25.2 Å². The Morgan fingerprint density at radius 1 is 1.15 bits per heavy atom. The maximum absolute atomic E-state index is 11.4. The zero-order valence-electron chi connectivity index (χ0n) is 13.3. The molecule has 4 nitrogen and oxygen atoms in total. The van der Waals surface area contributed by atoms with Gasteiger partial charge < -0.3 is 15.3 Å². The van der Waals surface area contributed by atoms with Gasteiger partial charge >= 0.3 is 5.97 Å². The molecule has 3 atom stereocenters. The highest BCUT2D eigenvalue weighted by Crippen LogP contribution is 2.36. The predicted octanol–water partition coefficient (Wildman–Crippen LogP) is 2.19. The number of fused-ring (bicyclic) bond motifs is 2. The molecule has 1 saturated carbocycles. The van der Waals surface area contributed by atoms with E-state index in [1.54, 1.807) is 0 Å². The van der Waals surface area contributed by atoms with Crippen LogP contribution in [0.25, 0.3) is 0 Å². The zero-order chi connectivity index (χ0) is 14.9. The van der Waals surface area contributed by atoms with Crippen LogP contribution in [0.1, 0.15) is 47.0 Å². The summed E-state index contributed by atoms with van der Waals surface area (Å²) in [5.41, 5.74) is 0. The molecule has 2 aliphatic rings. The van der Waals surface area contributed by atoms with Gasteiger partial charge in [-0.15, -0.1) is 0 Å². The second-order valence-corrected chi connectivity index (χ2v) is 7.25. The van der Waals surface area contributed by atoms with Crippen molar-refractivity contribution in [1.29, 1.82) is 0 Å². The third-order valence-electron chi connectivity index (χ3n) is 5.14. The third kappa shape index (κ3) is 3.34. The Hall–Kier alpha value is -0.610. The summed E-state index contributed by atoms with van der Waals surface area (Å²) in [6.07, 6.45) is 3.78. The topological polar surface area (TPSA) is 52.6 Å². The summed E-state index contributed by atoms with van der Waals surface area (Å²) in [5, 5.41) is 12.9. The molecule has 0 spiro atoms. The Balaban J connectivity index is 2.06. The molecule has 2 fully saturated rings. The minimum Gasteiger partial charge on any atom is -0.480 e. The summed E-state index contributed by atoms with van der Waals surface area (Å²) in [6.45, 7) is 10.7. The fraction of sp³-hybridized carbons (Fsp3) is 0.938. The molecule has 2 N–H and O–H groups in total. The van der Waals surface area contributed by atoms with E-state index in [9.17, 15) is 9.90 Å². The van der Waals surface area contributed by atoms with E-state index in [0.29, 0.717) is 23.9 Å². The van der Waals surface area contributed by atoms with E-state index >= 15 is 0 Å². The molecule has 3 unspecified atom stereocenters. The van der Waals surface area contributed by atoms with Gasteiger partial charge in [-0.25, -0.2) is 0 Å². The van der Waals surface area contributed by atoms with Crippen molar-refractivity contribution in [2.45, 2.75) is 65.1 Å². The van der Waals surface area contributed by atoms with Crippen LogP contribution in [0.3, 0.4) is 0 Å². The molecule has 0 aromatic carbocycles. The molecule has 0 aromatic heterocycles. The number of carboxylic acid groups (broad SMARTS) is 1. The van der Waals surface area contributed by atoms with E-state index in [1.165, 1.54) is 19.3 Å². The number of hydrogen-bond donors (Lipinski definition) is 2. The maximum Gasteiger partial charge on any atom is 0.320 e. The van der Waals surface area contributed by atoms with Gasteiger partial charge in [0.1, 0.15) is 6.04 Å². The van der Waals surface area contributed by atoms with Crippen molar-refractivity contribution in [3.05, 3.63) is 0 Å². The highest BCUT2D eigenvalue weighted by atomic mass is 16.4. The first-order valence-corrected chi connectivity index (χ1v) is 8.13. The summed E-state index contributed by atoms with van der Waals surface area (Å²) in [4.78, 5) is 14.0. The molecule has 20 heavy (non-hydrogen) atoms. The Labute approximate surface area is 122 Å². The van der Waals surface area contributed by atoms with Crippen LogP contribution in [0, 0.1) is 17.8 Å². The van der Waals surface area contributed by atoms with Crippen LogP contribution >= 0.6 is 0 Å². The van der Waals surface area contributed by atoms with Crippen LogP contribution in [0.5, 0.6) is 0 Å². The van der Waals surface area contributed by atoms with Crippen molar-refractivity contribution in [1.82, 2.24) is 10.2 Å². The molecule has 2 rings (SSSR count). The van der Waals surface area contributed by atoms with Crippen molar-refractivity contribution in [3.63, 3.8) is 0 Å². The lowest BCUT2D eigenvalue weighted by Crippen LogP contribution is -2.61. The van der Waals surface area contributed by atoms with Crippen LogP contribution in [0.4, 0.5) is 0 Å². The summed E-state index contributed by atoms with van der Waals surface area (Å²) < 4.78 is 0. The molecule has 1 aliphatic carbocycles. The van der Waals surface area contributed by atoms with E-state index in [2.05, 4.69) is 24.1 Å². The third-order valence-corrected chi connectivity index (χ3v) is 5.14. The Morgan fingerprint density at radius 3 is 2.10 bits per heavy atom. The molecule has 4 heteroatoms. The standard InChI is InChI=1S/C16H30N2O2/c1-10(2)14(16(19)20)17-15-12-6-5-7-13(15)9-18(8-12)11(3)4/h10-15,17H,5-9H2,1-4H3,(H,19,20). The number of carbonyl (C=O) groups is 1. The number of likely N-dealkylation sites (tertiary alicyclic amines) is 1. The van der Waals surface area contributed by atoms with Gasteiger partial charge in [0.15, 0.2) is 0 Å². The zero-order valence-corrected chi connectivity index (χ0v) is 13.3. The van der Waals surface area contributed by atoms with Crippen LogP contribution in [-0.2, 0) is 4.79 Å². The van der Waals surface area contributed by atoms with E-state index < -0.39 is 12.0 Å². The normalized spacial score (nSPS) is 32.6. The minimum absolute atomic E-state index is 0.136. The minimum atomic E-state index is -0.704. The quantitative estimate of drug-likeness (QED) is 0.811. The molecule has 0 radical (unpaired) electrons. The molecular weight excluding hydrogens is 252 g/mol. The van der Waals surface area contributed by atoms with Gasteiger partial charge in [-0.05, 0) is 44.4 Å². The molecule has 1 heterocycles. The average molecular weight is 282 g/mol. The van der Waals surface area contributed by atoms with E-state index in [4.69, 9.17) is 0 Å². The lowest BCUT2D eigenvalue weighted by atomic mass is 9.72. The van der Waals surface area contributed by atoms with Gasteiger partial charge in [0.2, 0.25) is 0 Å². The van der Waals surface area contributed by atoms with Gasteiger partial charge in [0.25, 0.3) is 0 Å². The number of nitrogens with zero attached hydrogens (tertiary/aromatic N) is 1. The van der Waals surface area contributed by atoms with Crippen molar-refractivity contribution in [2.24, 2.45) is 17.8 Å². The number of piperidine rings is 1. The largest absolute Gasteiger partial charge is 0.480 e. The monoisotopic (exact) mass is 282 g/mol. The highest BCUT2D eigenvalue weighted by molar-refractivity contribution is 5.73. The Kier molecular flexibility index (Phi) is 5.08. The number of nitrogens with one attached hydrogen (secondary N) is 1. The molecule has 1 aliphatic heterocycles. The molecule has 1 saturated heterocycles. The molecular formula is C16H30N2O2. The first-order valence-electron chi connectivity index (χ1n) is 8.13. The lowest BCUT2D eigenvalue weighted by molar-refractivity contribution is -0.141. The number of rotatable bonds is 5. The summed E-state index contributed by atoms with van der Waals surface area (Å²) in [7, 11) is 0. The number of carboxylic acids is 1. The second-order valence-electron chi connectivity index (χ2n) is 7.25. The molecule has 116 valence electrons. The van der Waals surface area contributed by atoms with Crippen LogP contribution in [-0.4, -0.2) is 47.2 Å². The molecule has 2 bridgehead atoms. The lowest BCUT2D eigenvalue weighted by Gasteiger charge is -2.50. The van der Waals surface area contributed by atoms with Gasteiger partial charge in [0.05, 0.1) is 0 Å². The summed E-state index contributed by atoms with van der Waals surface area (Å²) in [6, 6.07) is 0.579. The maximum atomic E-state index is 11.4. The molecule has 0 amide bonds. The second kappa shape index (κ2) is 6.44. The summed E-state index contributed by atoms with van der Waals surface area (Å²) in [5.74, 6) is 0.664. The van der Waals surface area contributed by atoms with Crippen molar-refractivity contribution < 1.29 is 9.90 Å². The molecule has 0 aromatic rings. The average Bonchev–Trinajstić information content (AvgIpc) is 2.33. The number of aliphatic carboxylic acids is 1. The van der Waals surface area contributed by atoms with Crippen molar-refractivity contribution in [2.75, 3.05) is 13.1 Å². The van der Waals surface area contributed by atoms with Gasteiger partial charge in [-0.2, -0.15) is 0 Å². The fourth-order valence-electron chi connectivity index (χ4n) is 3.92.